The lowest BCUT2D eigenvalue weighted by molar-refractivity contribution is 0.741. The maximum Gasteiger partial charge on any atom is 0.0492 e. The first-order valence-electron chi connectivity index (χ1n) is 6.25. The van der Waals surface area contributed by atoms with Crippen molar-refractivity contribution in [3.05, 3.63) is 34.0 Å². The van der Waals surface area contributed by atoms with Crippen LogP contribution in [0.4, 0.5) is 0 Å². The molecule has 0 saturated carbocycles. The molecule has 1 aromatic heterocycles. The van der Waals surface area contributed by atoms with Gasteiger partial charge in [0.05, 0.1) is 0 Å². The van der Waals surface area contributed by atoms with E-state index in [2.05, 4.69) is 45.8 Å². The summed E-state index contributed by atoms with van der Waals surface area (Å²) in [5.41, 5.74) is 14.1. The van der Waals surface area contributed by atoms with Gasteiger partial charge in [-0.15, -0.1) is 0 Å². The second-order valence-electron chi connectivity index (χ2n) is 5.25. The topological polar surface area (TPSA) is 41.8 Å². The largest absolute Gasteiger partial charge is 0.361 e. The molecule has 0 unspecified atom stereocenters. The Kier molecular flexibility index (Phi) is 3.00. The van der Waals surface area contributed by atoms with Gasteiger partial charge in [-0.05, 0) is 68.9 Å². The van der Waals surface area contributed by atoms with E-state index < -0.39 is 0 Å². The number of nitrogens with two attached hydrogens (primary N) is 1. The van der Waals surface area contributed by atoms with Crippen molar-refractivity contribution in [2.24, 2.45) is 5.73 Å². The van der Waals surface area contributed by atoms with Crippen LogP contribution in [0.3, 0.4) is 0 Å². The van der Waals surface area contributed by atoms with Crippen LogP contribution in [0.1, 0.15) is 34.7 Å². The number of fused-ring (bicyclic) bond motifs is 1. The zero-order valence-corrected chi connectivity index (χ0v) is 11.4. The Morgan fingerprint density at radius 2 is 1.65 bits per heavy atom. The molecule has 0 fully saturated rings. The van der Waals surface area contributed by atoms with Crippen molar-refractivity contribution in [3.63, 3.8) is 0 Å². The molecule has 2 nitrogen and oxygen atoms in total. The molecular formula is C15H22N2. The molecule has 1 aromatic carbocycles. The first kappa shape index (κ1) is 12.2. The zero-order valence-electron chi connectivity index (χ0n) is 11.4. The number of hydrogen-bond donors (Lipinski definition) is 2. The molecule has 2 heteroatoms. The standard InChI is InChI=1S/C15H22N2/c1-8(16)6-13-7-17-15-12(5)10(3)9(2)11(4)14(13)15/h7-8,17H,6,16H2,1-5H3/t8-/m1/s1. The van der Waals surface area contributed by atoms with Gasteiger partial charge in [0, 0.05) is 23.1 Å². The number of aromatic amines is 1. The minimum Gasteiger partial charge on any atom is -0.361 e. The second kappa shape index (κ2) is 4.19. The smallest absolute Gasteiger partial charge is 0.0492 e. The molecule has 3 N–H and O–H groups in total. The van der Waals surface area contributed by atoms with E-state index in [0.717, 1.165) is 6.42 Å². The first-order valence-corrected chi connectivity index (χ1v) is 6.25. The number of nitrogens with one attached hydrogen (secondary N) is 1. The fraction of sp³-hybridized carbons (Fsp3) is 0.467. The Morgan fingerprint density at radius 1 is 1.06 bits per heavy atom. The highest BCUT2D eigenvalue weighted by Gasteiger charge is 2.14. The van der Waals surface area contributed by atoms with Crippen LogP contribution in [0.25, 0.3) is 10.9 Å². The van der Waals surface area contributed by atoms with Crippen molar-refractivity contribution in [1.82, 2.24) is 4.98 Å². The molecule has 92 valence electrons. The van der Waals surface area contributed by atoms with Crippen LogP contribution in [-0.4, -0.2) is 11.0 Å². The Hall–Kier alpha value is -1.28. The summed E-state index contributed by atoms with van der Waals surface area (Å²) in [5, 5.41) is 1.38. The number of hydrogen-bond acceptors (Lipinski definition) is 1. The third-order valence-electron chi connectivity index (χ3n) is 3.94. The molecule has 0 aliphatic rings. The highest BCUT2D eigenvalue weighted by atomic mass is 14.7. The summed E-state index contributed by atoms with van der Waals surface area (Å²) in [6, 6.07) is 0.204. The average Bonchev–Trinajstić information content (AvgIpc) is 2.66. The first-order chi connectivity index (χ1) is 7.93. The van der Waals surface area contributed by atoms with E-state index in [-0.39, 0.29) is 6.04 Å². The van der Waals surface area contributed by atoms with Gasteiger partial charge in [0.2, 0.25) is 0 Å². The highest BCUT2D eigenvalue weighted by molar-refractivity contribution is 5.91. The SMILES string of the molecule is Cc1c(C)c(C)c2c(C[C@@H](C)N)c[nH]c2c1C. The third-order valence-corrected chi connectivity index (χ3v) is 3.94. The predicted molar refractivity (Wildman–Crippen MR) is 74.6 cm³/mol. The van der Waals surface area contributed by atoms with Gasteiger partial charge in [-0.25, -0.2) is 0 Å². The minimum atomic E-state index is 0.204. The van der Waals surface area contributed by atoms with Crippen LogP contribution >= 0.6 is 0 Å². The summed E-state index contributed by atoms with van der Waals surface area (Å²) in [4.78, 5) is 3.42. The quantitative estimate of drug-likeness (QED) is 0.816. The van der Waals surface area contributed by atoms with Crippen LogP contribution < -0.4 is 5.73 Å². The van der Waals surface area contributed by atoms with Gasteiger partial charge < -0.3 is 10.7 Å². The van der Waals surface area contributed by atoms with E-state index >= 15 is 0 Å². The fourth-order valence-electron chi connectivity index (χ4n) is 2.63. The van der Waals surface area contributed by atoms with Gasteiger partial charge in [0.1, 0.15) is 0 Å². The second-order valence-corrected chi connectivity index (χ2v) is 5.25. The van der Waals surface area contributed by atoms with Gasteiger partial charge >= 0.3 is 0 Å². The summed E-state index contributed by atoms with van der Waals surface area (Å²) >= 11 is 0. The molecule has 17 heavy (non-hydrogen) atoms. The van der Waals surface area contributed by atoms with Crippen molar-refractivity contribution in [1.29, 1.82) is 0 Å². The fourth-order valence-corrected chi connectivity index (χ4v) is 2.63. The molecule has 0 aliphatic heterocycles. The number of aryl methyl sites for hydroxylation is 2. The summed E-state index contributed by atoms with van der Waals surface area (Å²) in [6.45, 7) is 10.9. The molecular weight excluding hydrogens is 208 g/mol. The molecule has 0 bridgehead atoms. The summed E-state index contributed by atoms with van der Waals surface area (Å²) in [7, 11) is 0. The predicted octanol–water partition coefficient (Wildman–Crippen LogP) is 3.29. The van der Waals surface area contributed by atoms with E-state index in [1.807, 2.05) is 0 Å². The van der Waals surface area contributed by atoms with E-state index in [1.54, 1.807) is 0 Å². The van der Waals surface area contributed by atoms with Crippen molar-refractivity contribution in [3.8, 4) is 0 Å². The normalized spacial score (nSPS) is 13.3. The van der Waals surface area contributed by atoms with E-state index in [9.17, 15) is 0 Å². The van der Waals surface area contributed by atoms with Gasteiger partial charge in [0.25, 0.3) is 0 Å². The van der Waals surface area contributed by atoms with E-state index in [0.29, 0.717) is 0 Å². The minimum absolute atomic E-state index is 0.204. The van der Waals surface area contributed by atoms with Crippen LogP contribution in [0.5, 0.6) is 0 Å². The summed E-state index contributed by atoms with van der Waals surface area (Å²) < 4.78 is 0. The molecule has 0 saturated heterocycles. The Bertz CT molecular complexity index is 562. The van der Waals surface area contributed by atoms with Crippen molar-refractivity contribution >= 4 is 10.9 Å². The molecule has 0 spiro atoms. The molecule has 2 rings (SSSR count). The molecule has 1 heterocycles. The van der Waals surface area contributed by atoms with Gasteiger partial charge in [-0.2, -0.15) is 0 Å². The van der Waals surface area contributed by atoms with Gasteiger partial charge in [0.15, 0.2) is 0 Å². The average molecular weight is 230 g/mol. The van der Waals surface area contributed by atoms with Gasteiger partial charge in [-0.3, -0.25) is 0 Å². The molecule has 0 radical (unpaired) electrons. The van der Waals surface area contributed by atoms with Crippen LogP contribution in [-0.2, 0) is 6.42 Å². The number of aromatic nitrogens is 1. The van der Waals surface area contributed by atoms with E-state index in [1.165, 1.54) is 38.7 Å². The third kappa shape index (κ3) is 1.87. The molecule has 2 aromatic rings. The zero-order chi connectivity index (χ0) is 12.7. The molecule has 0 aliphatic carbocycles. The maximum absolute atomic E-state index is 5.92. The lowest BCUT2D eigenvalue weighted by atomic mass is 9.93. The lowest BCUT2D eigenvalue weighted by Gasteiger charge is -2.13. The maximum atomic E-state index is 5.92. The summed E-state index contributed by atoms with van der Waals surface area (Å²) in [5.74, 6) is 0. The van der Waals surface area contributed by atoms with Crippen molar-refractivity contribution in [2.45, 2.75) is 47.1 Å². The monoisotopic (exact) mass is 230 g/mol. The Balaban J connectivity index is 2.76. The van der Waals surface area contributed by atoms with Gasteiger partial charge in [-0.1, -0.05) is 0 Å². The Labute approximate surface area is 103 Å². The van der Waals surface area contributed by atoms with Crippen molar-refractivity contribution in [2.75, 3.05) is 0 Å². The highest BCUT2D eigenvalue weighted by Crippen LogP contribution is 2.31. The molecule has 1 atom stereocenters. The lowest BCUT2D eigenvalue weighted by Crippen LogP contribution is -2.17. The number of H-pyrrole nitrogens is 1. The van der Waals surface area contributed by atoms with Crippen LogP contribution in [0.15, 0.2) is 6.20 Å². The molecule has 0 amide bonds. The number of rotatable bonds is 2. The summed E-state index contributed by atoms with van der Waals surface area (Å²) in [6.07, 6.45) is 3.05. The number of benzene rings is 1. The van der Waals surface area contributed by atoms with Crippen molar-refractivity contribution < 1.29 is 0 Å². The van der Waals surface area contributed by atoms with E-state index in [4.69, 9.17) is 5.73 Å². The van der Waals surface area contributed by atoms with Crippen LogP contribution in [0, 0.1) is 27.7 Å². The Morgan fingerprint density at radius 3 is 2.24 bits per heavy atom. The van der Waals surface area contributed by atoms with Crippen LogP contribution in [0.2, 0.25) is 0 Å².